The highest BCUT2D eigenvalue weighted by atomic mass is 79.9. The van der Waals surface area contributed by atoms with Crippen molar-refractivity contribution in [1.82, 2.24) is 15.0 Å². The molecule has 0 bridgehead atoms. The van der Waals surface area contributed by atoms with Crippen LogP contribution >= 0.6 is 15.9 Å². The van der Waals surface area contributed by atoms with E-state index in [9.17, 15) is 14.9 Å². The topological polar surface area (TPSA) is 109 Å². The van der Waals surface area contributed by atoms with E-state index < -0.39 is 28.6 Å². The quantitative estimate of drug-likeness (QED) is 0.316. The molecule has 0 amide bonds. The van der Waals surface area contributed by atoms with Crippen molar-refractivity contribution in [2.45, 2.75) is 38.0 Å². The van der Waals surface area contributed by atoms with Crippen molar-refractivity contribution < 1.29 is 19.2 Å². The van der Waals surface area contributed by atoms with E-state index in [1.807, 2.05) is 18.2 Å². The third-order valence-corrected chi connectivity index (χ3v) is 5.91. The van der Waals surface area contributed by atoms with Gasteiger partial charge in [0.15, 0.2) is 12.1 Å². The summed E-state index contributed by atoms with van der Waals surface area (Å²) in [5.41, 5.74) is 0.141. The highest BCUT2D eigenvalue weighted by Gasteiger charge is 2.60. The van der Waals surface area contributed by atoms with Gasteiger partial charge in [0.1, 0.15) is 11.3 Å². The van der Waals surface area contributed by atoms with Gasteiger partial charge in [0, 0.05) is 21.9 Å². The number of hydrogen-bond acceptors (Lipinski definition) is 7. The number of carbonyl (C=O) groups is 1. The number of fused-ring (bicyclic) bond motifs is 2. The summed E-state index contributed by atoms with van der Waals surface area (Å²) in [7, 11) is 0. The maximum absolute atomic E-state index is 12.5. The van der Waals surface area contributed by atoms with Crippen LogP contribution in [0, 0.1) is 10.1 Å². The second-order valence-electron chi connectivity index (χ2n) is 7.21. The molecule has 1 aromatic heterocycles. The van der Waals surface area contributed by atoms with Crippen LogP contribution in [0.2, 0.25) is 0 Å². The first-order valence-electron chi connectivity index (χ1n) is 9.42. The zero-order chi connectivity index (χ0) is 21.5. The van der Waals surface area contributed by atoms with Gasteiger partial charge in [-0.3, -0.25) is 14.9 Å². The molecule has 156 valence electrons. The second kappa shape index (κ2) is 7.67. The molecule has 1 aliphatic heterocycles. The van der Waals surface area contributed by atoms with E-state index >= 15 is 0 Å². The standard InChI is InChI=1S/C20H19BrN4O5/c1-3-29-18(26)11-17-20(2,25(27)28)19(13-10-12(21)8-9-16(13)30-17)24-15-7-5-4-6-14(15)22-23-24/h4-10,17,19H,3,11H2,1-2H3/t17-,19-,20-/m1/s1. The molecule has 0 aliphatic carbocycles. The highest BCUT2D eigenvalue weighted by Crippen LogP contribution is 2.47. The fourth-order valence-corrected chi connectivity index (χ4v) is 4.28. The Hall–Kier alpha value is -3.01. The molecule has 0 fully saturated rings. The number of nitro groups is 1. The van der Waals surface area contributed by atoms with Crippen LogP contribution in [-0.4, -0.2) is 44.1 Å². The lowest BCUT2D eigenvalue weighted by Crippen LogP contribution is -2.59. The first kappa shape index (κ1) is 20.3. The zero-order valence-electron chi connectivity index (χ0n) is 16.3. The Bertz CT molecular complexity index is 1130. The van der Waals surface area contributed by atoms with Crippen LogP contribution in [0.15, 0.2) is 46.9 Å². The van der Waals surface area contributed by atoms with Crippen molar-refractivity contribution in [1.29, 1.82) is 0 Å². The van der Waals surface area contributed by atoms with Crippen LogP contribution in [0.25, 0.3) is 11.0 Å². The molecular weight excluding hydrogens is 456 g/mol. The van der Waals surface area contributed by atoms with Gasteiger partial charge in [0.2, 0.25) is 0 Å². The maximum Gasteiger partial charge on any atom is 0.309 e. The van der Waals surface area contributed by atoms with Crippen molar-refractivity contribution >= 4 is 32.9 Å². The summed E-state index contributed by atoms with van der Waals surface area (Å²) in [4.78, 5) is 24.3. The maximum atomic E-state index is 12.5. The summed E-state index contributed by atoms with van der Waals surface area (Å²) >= 11 is 3.44. The first-order valence-corrected chi connectivity index (χ1v) is 10.2. The molecule has 0 spiro atoms. The molecule has 2 heterocycles. The molecule has 10 heteroatoms. The molecule has 4 rings (SSSR count). The Morgan fingerprint density at radius 3 is 2.87 bits per heavy atom. The number of esters is 1. The molecule has 3 atom stereocenters. The van der Waals surface area contributed by atoms with Crippen LogP contribution in [0.1, 0.15) is 31.9 Å². The minimum Gasteiger partial charge on any atom is -0.482 e. The molecule has 9 nitrogen and oxygen atoms in total. The van der Waals surface area contributed by atoms with Gasteiger partial charge in [0.05, 0.1) is 18.5 Å². The second-order valence-corrected chi connectivity index (χ2v) is 8.12. The monoisotopic (exact) mass is 474 g/mol. The van der Waals surface area contributed by atoms with Crippen molar-refractivity contribution in [2.24, 2.45) is 0 Å². The number of carbonyl (C=O) groups excluding carboxylic acids is 1. The normalized spacial score (nSPS) is 22.9. The predicted octanol–water partition coefficient (Wildman–Crippen LogP) is 3.53. The molecule has 30 heavy (non-hydrogen) atoms. The van der Waals surface area contributed by atoms with E-state index in [1.165, 1.54) is 6.92 Å². The summed E-state index contributed by atoms with van der Waals surface area (Å²) < 4.78 is 13.3. The van der Waals surface area contributed by atoms with E-state index in [-0.39, 0.29) is 13.0 Å². The molecule has 1 aliphatic rings. The number of rotatable bonds is 5. The van der Waals surface area contributed by atoms with Gasteiger partial charge >= 0.3 is 5.97 Å². The lowest BCUT2D eigenvalue weighted by atomic mass is 9.78. The lowest BCUT2D eigenvalue weighted by Gasteiger charge is -2.40. The number of benzene rings is 2. The number of nitrogens with zero attached hydrogens (tertiary/aromatic N) is 4. The predicted molar refractivity (Wildman–Crippen MR) is 111 cm³/mol. The minimum atomic E-state index is -1.71. The van der Waals surface area contributed by atoms with Crippen LogP contribution in [-0.2, 0) is 9.53 Å². The smallest absolute Gasteiger partial charge is 0.309 e. The summed E-state index contributed by atoms with van der Waals surface area (Å²) in [6.45, 7) is 3.34. The molecule has 0 unspecified atom stereocenters. The molecule has 3 aromatic rings. The van der Waals surface area contributed by atoms with Gasteiger partial charge in [-0.1, -0.05) is 33.3 Å². The van der Waals surface area contributed by atoms with Crippen molar-refractivity contribution in [2.75, 3.05) is 6.61 Å². The Morgan fingerprint density at radius 2 is 2.13 bits per heavy atom. The number of aromatic nitrogens is 3. The van der Waals surface area contributed by atoms with Crippen molar-refractivity contribution in [3.63, 3.8) is 0 Å². The number of para-hydroxylation sites is 1. The van der Waals surface area contributed by atoms with Crippen molar-refractivity contribution in [3.8, 4) is 5.75 Å². The van der Waals surface area contributed by atoms with E-state index in [0.29, 0.717) is 22.3 Å². The Balaban J connectivity index is 1.94. The fraction of sp³-hybridized carbons (Fsp3) is 0.350. The Labute approximate surface area is 180 Å². The van der Waals surface area contributed by atoms with E-state index in [2.05, 4.69) is 26.2 Å². The summed E-state index contributed by atoms with van der Waals surface area (Å²) in [6, 6.07) is 11.7. The first-order chi connectivity index (χ1) is 14.4. The highest BCUT2D eigenvalue weighted by molar-refractivity contribution is 9.10. The number of hydrogen-bond donors (Lipinski definition) is 0. The minimum absolute atomic E-state index is 0.182. The van der Waals surface area contributed by atoms with Crippen LogP contribution < -0.4 is 4.74 Å². The fourth-order valence-electron chi connectivity index (χ4n) is 3.90. The summed E-state index contributed by atoms with van der Waals surface area (Å²) in [5.74, 6) is -0.102. The van der Waals surface area contributed by atoms with Crippen LogP contribution in [0.3, 0.4) is 0 Å². The third-order valence-electron chi connectivity index (χ3n) is 5.41. The average Bonchev–Trinajstić information content (AvgIpc) is 3.12. The van der Waals surface area contributed by atoms with Crippen LogP contribution in [0.5, 0.6) is 5.75 Å². The largest absolute Gasteiger partial charge is 0.482 e. The van der Waals surface area contributed by atoms with E-state index in [1.54, 1.807) is 35.9 Å². The summed E-state index contributed by atoms with van der Waals surface area (Å²) in [5, 5.41) is 20.9. The van der Waals surface area contributed by atoms with Gasteiger partial charge in [0.25, 0.3) is 5.54 Å². The number of halogens is 1. The van der Waals surface area contributed by atoms with Crippen LogP contribution in [0.4, 0.5) is 0 Å². The Kier molecular flexibility index (Phi) is 5.19. The molecule has 0 saturated carbocycles. The van der Waals surface area contributed by atoms with Gasteiger partial charge in [-0.05, 0) is 37.3 Å². The molecule has 2 aromatic carbocycles. The number of ether oxygens (including phenoxy) is 2. The van der Waals surface area contributed by atoms with Gasteiger partial charge in [-0.2, -0.15) is 0 Å². The third kappa shape index (κ3) is 3.20. The van der Waals surface area contributed by atoms with E-state index in [4.69, 9.17) is 9.47 Å². The molecule has 0 radical (unpaired) electrons. The molecule has 0 saturated heterocycles. The van der Waals surface area contributed by atoms with Gasteiger partial charge < -0.3 is 9.47 Å². The van der Waals surface area contributed by atoms with Crippen molar-refractivity contribution in [3.05, 3.63) is 62.6 Å². The zero-order valence-corrected chi connectivity index (χ0v) is 17.9. The summed E-state index contributed by atoms with van der Waals surface area (Å²) in [6.07, 6.45) is -1.32. The van der Waals surface area contributed by atoms with Gasteiger partial charge in [-0.15, -0.1) is 5.10 Å². The average molecular weight is 475 g/mol. The van der Waals surface area contributed by atoms with Gasteiger partial charge in [-0.25, -0.2) is 4.68 Å². The van der Waals surface area contributed by atoms with E-state index in [0.717, 1.165) is 4.47 Å². The Morgan fingerprint density at radius 1 is 1.37 bits per heavy atom. The SMILES string of the molecule is CCOC(=O)C[C@H]1Oc2ccc(Br)cc2[C@@H](n2nnc3ccccc32)[C@]1(C)[N+](=O)[O-]. The lowest BCUT2D eigenvalue weighted by molar-refractivity contribution is -0.585. The molecular formula is C20H19BrN4O5. The molecule has 0 N–H and O–H groups in total.